The molecule has 0 amide bonds. The first-order valence-electron chi connectivity index (χ1n) is 7.97. The quantitative estimate of drug-likeness (QED) is 0.718. The molecule has 116 valence electrons. The first-order valence-corrected chi connectivity index (χ1v) is 7.97. The van der Waals surface area contributed by atoms with E-state index in [1.807, 2.05) is 38.2 Å². The van der Waals surface area contributed by atoms with E-state index in [0.717, 1.165) is 38.7 Å². The lowest BCUT2D eigenvalue weighted by atomic mass is 10.00. The Balaban J connectivity index is 2.20. The topological polar surface area (TPSA) is 31.2 Å². The van der Waals surface area contributed by atoms with Crippen LogP contribution in [0.15, 0.2) is 47.3 Å². The molecule has 3 aromatic rings. The van der Waals surface area contributed by atoms with Gasteiger partial charge >= 0.3 is 0 Å². The highest BCUT2D eigenvalue weighted by Crippen LogP contribution is 2.47. The van der Waals surface area contributed by atoms with E-state index in [4.69, 9.17) is 4.74 Å². The third-order valence-electron chi connectivity index (χ3n) is 4.68. The number of benzene rings is 2. The van der Waals surface area contributed by atoms with E-state index in [2.05, 4.69) is 25.1 Å². The van der Waals surface area contributed by atoms with Crippen molar-refractivity contribution in [1.29, 1.82) is 0 Å². The summed E-state index contributed by atoms with van der Waals surface area (Å²) in [5.74, 6) is 0. The Morgan fingerprint density at radius 3 is 2.70 bits per heavy atom. The monoisotopic (exact) mass is 305 g/mol. The molecule has 2 aromatic carbocycles. The molecule has 0 bridgehead atoms. The summed E-state index contributed by atoms with van der Waals surface area (Å²) in [4.78, 5) is 12.8. The Morgan fingerprint density at radius 2 is 1.91 bits per heavy atom. The third kappa shape index (κ3) is 1.90. The molecule has 3 heteroatoms. The van der Waals surface area contributed by atoms with Crippen molar-refractivity contribution in [1.82, 2.24) is 4.57 Å². The summed E-state index contributed by atoms with van der Waals surface area (Å²) in [6.45, 7) is 4.70. The molecule has 4 rings (SSSR count). The number of aryl methyl sites for hydroxylation is 1. The van der Waals surface area contributed by atoms with Gasteiger partial charge in [0, 0.05) is 30.2 Å². The summed E-state index contributed by atoms with van der Waals surface area (Å²) in [5, 5.41) is 1.77. The van der Waals surface area contributed by atoms with Gasteiger partial charge in [-0.2, -0.15) is 0 Å². The van der Waals surface area contributed by atoms with Gasteiger partial charge in [-0.05, 0) is 30.9 Å². The van der Waals surface area contributed by atoms with E-state index < -0.39 is 0 Å². The Morgan fingerprint density at radius 1 is 1.13 bits per heavy atom. The lowest BCUT2D eigenvalue weighted by Crippen LogP contribution is -2.20. The molecule has 1 atom stereocenters. The van der Waals surface area contributed by atoms with Crippen molar-refractivity contribution < 1.29 is 4.74 Å². The summed E-state index contributed by atoms with van der Waals surface area (Å²) in [6.07, 6.45) is -0.109. The van der Waals surface area contributed by atoms with Gasteiger partial charge in [-0.25, -0.2) is 0 Å². The molecule has 3 nitrogen and oxygen atoms in total. The molecule has 0 fully saturated rings. The molecule has 1 aliphatic carbocycles. The maximum absolute atomic E-state index is 12.8. The van der Waals surface area contributed by atoms with Crippen LogP contribution in [-0.2, 0) is 11.8 Å². The lowest BCUT2D eigenvalue weighted by molar-refractivity contribution is 0.0952. The molecule has 0 radical (unpaired) electrons. The lowest BCUT2D eigenvalue weighted by Gasteiger charge is -2.17. The number of rotatable bonds is 2. The predicted molar refractivity (Wildman–Crippen MR) is 92.8 cm³/mol. The van der Waals surface area contributed by atoms with Gasteiger partial charge in [0.05, 0.1) is 5.69 Å². The molecule has 23 heavy (non-hydrogen) atoms. The van der Waals surface area contributed by atoms with Crippen LogP contribution in [0.2, 0.25) is 0 Å². The Kier molecular flexibility index (Phi) is 3.13. The van der Waals surface area contributed by atoms with Crippen molar-refractivity contribution in [2.24, 2.45) is 7.05 Å². The molecule has 1 aromatic heterocycles. The first-order chi connectivity index (χ1) is 11.1. The van der Waals surface area contributed by atoms with Crippen molar-refractivity contribution in [3.05, 3.63) is 69.5 Å². The SMILES string of the molecule is CCOC1c2ccccc2-c2c1c1cc(C)ccc1c(=O)n2C. The van der Waals surface area contributed by atoms with E-state index in [-0.39, 0.29) is 11.7 Å². The fourth-order valence-electron chi connectivity index (χ4n) is 3.69. The normalized spacial score (nSPS) is 15.7. The van der Waals surface area contributed by atoms with Crippen molar-refractivity contribution in [2.75, 3.05) is 6.61 Å². The van der Waals surface area contributed by atoms with Gasteiger partial charge < -0.3 is 9.30 Å². The van der Waals surface area contributed by atoms with Gasteiger partial charge in [0.1, 0.15) is 6.10 Å². The summed E-state index contributed by atoms with van der Waals surface area (Å²) >= 11 is 0. The molecular weight excluding hydrogens is 286 g/mol. The standard InChI is InChI=1S/C20H19NO2/c1-4-23-19-14-8-6-5-7-13(14)18-17(19)16-11-12(2)9-10-15(16)20(22)21(18)3/h5-11,19H,4H2,1-3H3. The summed E-state index contributed by atoms with van der Waals surface area (Å²) in [7, 11) is 1.85. The molecule has 0 saturated heterocycles. The van der Waals surface area contributed by atoms with Crippen LogP contribution < -0.4 is 5.56 Å². The predicted octanol–water partition coefficient (Wildman–Crippen LogP) is 3.95. The van der Waals surface area contributed by atoms with Gasteiger partial charge in [0.15, 0.2) is 0 Å². The number of hydrogen-bond donors (Lipinski definition) is 0. The number of hydrogen-bond acceptors (Lipinski definition) is 2. The summed E-state index contributed by atoms with van der Waals surface area (Å²) in [6, 6.07) is 14.3. The molecule has 1 unspecified atom stereocenters. The smallest absolute Gasteiger partial charge is 0.258 e. The second kappa shape index (κ2) is 5.07. The Hall–Kier alpha value is -2.39. The second-order valence-corrected chi connectivity index (χ2v) is 6.10. The van der Waals surface area contributed by atoms with Crippen LogP contribution in [-0.4, -0.2) is 11.2 Å². The van der Waals surface area contributed by atoms with Gasteiger partial charge in [-0.3, -0.25) is 4.79 Å². The Bertz CT molecular complexity index is 985. The van der Waals surface area contributed by atoms with Crippen LogP contribution in [0, 0.1) is 6.92 Å². The highest BCUT2D eigenvalue weighted by molar-refractivity contribution is 5.94. The van der Waals surface area contributed by atoms with Gasteiger partial charge in [0.25, 0.3) is 5.56 Å². The van der Waals surface area contributed by atoms with Crippen molar-refractivity contribution in [3.8, 4) is 11.3 Å². The molecular formula is C20H19NO2. The van der Waals surface area contributed by atoms with Crippen LogP contribution in [0.4, 0.5) is 0 Å². The molecule has 1 aliphatic rings. The van der Waals surface area contributed by atoms with E-state index in [1.165, 1.54) is 0 Å². The number of aromatic nitrogens is 1. The fourth-order valence-corrected chi connectivity index (χ4v) is 3.69. The Labute approximate surface area is 135 Å². The maximum atomic E-state index is 12.8. The van der Waals surface area contributed by atoms with E-state index in [9.17, 15) is 4.79 Å². The number of pyridine rings is 1. The molecule has 0 N–H and O–H groups in total. The maximum Gasteiger partial charge on any atom is 0.258 e. The van der Waals surface area contributed by atoms with Crippen LogP contribution >= 0.6 is 0 Å². The van der Waals surface area contributed by atoms with Crippen LogP contribution in [0.1, 0.15) is 29.7 Å². The zero-order chi connectivity index (χ0) is 16.1. The van der Waals surface area contributed by atoms with E-state index >= 15 is 0 Å². The fraction of sp³-hybridized carbons (Fsp3) is 0.250. The minimum Gasteiger partial charge on any atom is -0.369 e. The van der Waals surface area contributed by atoms with Crippen molar-refractivity contribution in [2.45, 2.75) is 20.0 Å². The second-order valence-electron chi connectivity index (χ2n) is 6.10. The van der Waals surface area contributed by atoms with Crippen molar-refractivity contribution >= 4 is 10.8 Å². The molecule has 0 aliphatic heterocycles. The minimum absolute atomic E-state index is 0.0469. The van der Waals surface area contributed by atoms with Crippen molar-refractivity contribution in [3.63, 3.8) is 0 Å². The van der Waals surface area contributed by atoms with E-state index in [0.29, 0.717) is 6.61 Å². The zero-order valence-corrected chi connectivity index (χ0v) is 13.6. The molecule has 1 heterocycles. The summed E-state index contributed by atoms with van der Waals surface area (Å²) in [5.41, 5.74) is 5.55. The van der Waals surface area contributed by atoms with E-state index in [1.54, 1.807) is 4.57 Å². The zero-order valence-electron chi connectivity index (χ0n) is 13.6. The van der Waals surface area contributed by atoms with Crippen LogP contribution in [0.3, 0.4) is 0 Å². The van der Waals surface area contributed by atoms with Gasteiger partial charge in [-0.15, -0.1) is 0 Å². The van der Waals surface area contributed by atoms with Crippen LogP contribution in [0.5, 0.6) is 0 Å². The number of fused-ring (bicyclic) bond motifs is 5. The highest BCUT2D eigenvalue weighted by Gasteiger charge is 2.33. The van der Waals surface area contributed by atoms with Crippen LogP contribution in [0.25, 0.3) is 22.0 Å². The molecule has 0 spiro atoms. The molecule has 0 saturated carbocycles. The number of ether oxygens (including phenoxy) is 1. The minimum atomic E-state index is -0.109. The summed E-state index contributed by atoms with van der Waals surface area (Å²) < 4.78 is 7.85. The van der Waals surface area contributed by atoms with Gasteiger partial charge in [0.2, 0.25) is 0 Å². The van der Waals surface area contributed by atoms with Gasteiger partial charge in [-0.1, -0.05) is 42.0 Å². The first kappa shape index (κ1) is 14.2. The highest BCUT2D eigenvalue weighted by atomic mass is 16.5. The number of nitrogens with zero attached hydrogens (tertiary/aromatic N) is 1. The average molecular weight is 305 g/mol. The average Bonchev–Trinajstić information content (AvgIpc) is 2.88. The largest absolute Gasteiger partial charge is 0.369 e. The third-order valence-corrected chi connectivity index (χ3v) is 4.68.